The molecule has 0 aliphatic heterocycles. The minimum absolute atomic E-state index is 0. The zero-order valence-corrected chi connectivity index (χ0v) is 21.3. The summed E-state index contributed by atoms with van der Waals surface area (Å²) in [6.45, 7) is 2.19. The molecule has 2 aromatic carbocycles. The van der Waals surface area contributed by atoms with Crippen LogP contribution in [0.25, 0.3) is 10.2 Å². The summed E-state index contributed by atoms with van der Waals surface area (Å²) in [7, 11) is -2.28. The van der Waals surface area contributed by atoms with Gasteiger partial charge >= 0.3 is 4.87 Å². The van der Waals surface area contributed by atoms with Crippen LogP contribution in [0.2, 0.25) is 0 Å². The molecule has 11 heteroatoms. The highest BCUT2D eigenvalue weighted by atomic mass is 35.5. The SMILES string of the molecule is Cl.Cl.O=c1[nH]c2c(O)ccc(CCNC(CCCCNCCc3ccccc3)=S(=O)=O)c2s1. The predicted molar refractivity (Wildman–Crippen MR) is 141 cm³/mol. The van der Waals surface area contributed by atoms with E-state index in [1.165, 1.54) is 5.56 Å². The number of unbranched alkanes of at least 4 members (excludes halogenated alkanes) is 1. The van der Waals surface area contributed by atoms with E-state index in [2.05, 4.69) is 27.8 Å². The number of hydrogen-bond acceptors (Lipinski definition) is 6. The first-order valence-electron chi connectivity index (χ1n) is 10.3. The number of hydrogen-bond donors (Lipinski definition) is 4. The van der Waals surface area contributed by atoms with E-state index in [0.717, 1.165) is 49.3 Å². The molecule has 0 bridgehead atoms. The Morgan fingerprint density at radius 2 is 1.73 bits per heavy atom. The summed E-state index contributed by atoms with van der Waals surface area (Å²) in [5, 5.41) is 16.3. The molecule has 0 saturated heterocycles. The fourth-order valence-electron chi connectivity index (χ4n) is 3.38. The topological polar surface area (TPSA) is 111 Å². The van der Waals surface area contributed by atoms with Crippen molar-refractivity contribution in [1.29, 1.82) is 0 Å². The lowest BCUT2D eigenvalue weighted by atomic mass is 10.1. The first-order chi connectivity index (χ1) is 15.0. The number of phenols is 1. The highest BCUT2D eigenvalue weighted by molar-refractivity contribution is 7.72. The van der Waals surface area contributed by atoms with Crippen molar-refractivity contribution in [2.24, 2.45) is 0 Å². The summed E-state index contributed by atoms with van der Waals surface area (Å²) in [5.41, 5.74) is 2.63. The van der Waals surface area contributed by atoms with Gasteiger partial charge in [-0.25, -0.2) is 0 Å². The van der Waals surface area contributed by atoms with E-state index in [0.29, 0.717) is 34.6 Å². The van der Waals surface area contributed by atoms with Crippen molar-refractivity contribution in [3.63, 3.8) is 0 Å². The Balaban J connectivity index is 0.00000272. The van der Waals surface area contributed by atoms with E-state index in [1.54, 1.807) is 12.1 Å². The fourth-order valence-corrected chi connectivity index (χ4v) is 4.80. The molecule has 0 spiro atoms. The van der Waals surface area contributed by atoms with Gasteiger partial charge in [0, 0.05) is 6.54 Å². The number of fused-ring (bicyclic) bond motifs is 1. The number of aromatic nitrogens is 1. The first kappa shape index (κ1) is 29.2. The minimum atomic E-state index is -2.28. The monoisotopic (exact) mass is 533 g/mol. The Bertz CT molecular complexity index is 1190. The van der Waals surface area contributed by atoms with Gasteiger partial charge in [-0.1, -0.05) is 47.7 Å². The van der Waals surface area contributed by atoms with Crippen molar-refractivity contribution < 1.29 is 13.5 Å². The molecule has 0 aliphatic rings. The average molecular weight is 535 g/mol. The Hall–Kier alpha value is -1.88. The Morgan fingerprint density at radius 3 is 2.45 bits per heavy atom. The molecule has 1 aromatic heterocycles. The maximum Gasteiger partial charge on any atom is 0.305 e. The largest absolute Gasteiger partial charge is 0.506 e. The van der Waals surface area contributed by atoms with Gasteiger partial charge in [0.1, 0.15) is 16.3 Å². The Labute approximate surface area is 211 Å². The van der Waals surface area contributed by atoms with E-state index in [-0.39, 0.29) is 35.4 Å². The first-order valence-corrected chi connectivity index (χ1v) is 12.2. The third kappa shape index (κ3) is 9.11. The number of rotatable bonds is 11. The standard InChI is InChI=1S/C22H27N3O4S2.2ClH/c26-18-10-9-17(21-20(18)25-22(27)30-21)12-15-24-19(31(28)29)8-4-5-13-23-14-11-16-6-2-1-3-7-16;;/h1-3,6-7,9-10,23-24,26H,4-5,8,11-15H2,(H,25,27);2*1H. The Kier molecular flexibility index (Phi) is 13.3. The Morgan fingerprint density at radius 1 is 0.970 bits per heavy atom. The van der Waals surface area contributed by atoms with Crippen LogP contribution in [0.15, 0.2) is 47.3 Å². The molecule has 7 nitrogen and oxygen atoms in total. The van der Waals surface area contributed by atoms with Gasteiger partial charge in [0.25, 0.3) is 0 Å². The lowest BCUT2D eigenvalue weighted by Gasteiger charge is -2.08. The summed E-state index contributed by atoms with van der Waals surface area (Å²) in [5.74, 6) is 0.0374. The molecule has 1 heterocycles. The predicted octanol–water partition coefficient (Wildman–Crippen LogP) is 3.28. The van der Waals surface area contributed by atoms with Crippen molar-refractivity contribution >= 4 is 61.6 Å². The number of aromatic hydroxyl groups is 1. The van der Waals surface area contributed by atoms with Crippen molar-refractivity contribution in [2.75, 3.05) is 19.6 Å². The molecule has 0 aliphatic carbocycles. The van der Waals surface area contributed by atoms with Crippen molar-refractivity contribution in [1.82, 2.24) is 15.6 Å². The van der Waals surface area contributed by atoms with Crippen molar-refractivity contribution in [2.45, 2.75) is 32.1 Å². The van der Waals surface area contributed by atoms with Gasteiger partial charge in [-0.05, 0) is 62.4 Å². The fraction of sp³-hybridized carbons (Fsp3) is 0.364. The minimum Gasteiger partial charge on any atom is -0.506 e. The molecule has 0 amide bonds. The number of aromatic amines is 1. The summed E-state index contributed by atoms with van der Waals surface area (Å²) in [6.07, 6.45) is 3.67. The van der Waals surface area contributed by atoms with Crippen LogP contribution in [0, 0.1) is 0 Å². The summed E-state index contributed by atoms with van der Waals surface area (Å²) in [4.78, 5) is 14.3. The second kappa shape index (κ2) is 15.1. The van der Waals surface area contributed by atoms with Crippen LogP contribution >= 0.6 is 36.2 Å². The second-order valence-electron chi connectivity index (χ2n) is 7.24. The zero-order valence-electron chi connectivity index (χ0n) is 18.0. The lowest BCUT2D eigenvalue weighted by Crippen LogP contribution is -2.27. The highest BCUT2D eigenvalue weighted by Crippen LogP contribution is 2.27. The average Bonchev–Trinajstić information content (AvgIpc) is 3.16. The number of phenolic OH excluding ortho intramolecular Hbond substituents is 1. The summed E-state index contributed by atoms with van der Waals surface area (Å²) >= 11 is 1.05. The van der Waals surface area contributed by atoms with E-state index in [9.17, 15) is 18.3 Å². The van der Waals surface area contributed by atoms with Crippen LogP contribution in [0.1, 0.15) is 30.4 Å². The molecule has 33 heavy (non-hydrogen) atoms. The molecule has 0 fully saturated rings. The smallest absolute Gasteiger partial charge is 0.305 e. The third-order valence-corrected chi connectivity index (χ3v) is 6.71. The highest BCUT2D eigenvalue weighted by Gasteiger charge is 2.10. The van der Waals surface area contributed by atoms with Crippen LogP contribution in [0.5, 0.6) is 5.75 Å². The van der Waals surface area contributed by atoms with Crippen LogP contribution in [0.4, 0.5) is 0 Å². The van der Waals surface area contributed by atoms with Gasteiger partial charge < -0.3 is 15.4 Å². The van der Waals surface area contributed by atoms with E-state index < -0.39 is 10.3 Å². The molecule has 0 unspecified atom stereocenters. The van der Waals surface area contributed by atoms with Gasteiger partial charge in [-0.15, -0.1) is 24.8 Å². The number of benzene rings is 2. The number of halogens is 2. The van der Waals surface area contributed by atoms with Gasteiger partial charge in [0.15, 0.2) is 0 Å². The molecule has 0 atom stereocenters. The van der Waals surface area contributed by atoms with Crippen molar-refractivity contribution in [3.05, 3.63) is 63.3 Å². The quantitative estimate of drug-likeness (QED) is 0.222. The summed E-state index contributed by atoms with van der Waals surface area (Å²) < 4.78 is 23.8. The molecule has 0 saturated carbocycles. The molecule has 3 rings (SSSR count). The molecule has 182 valence electrons. The maximum absolute atomic E-state index is 11.6. The van der Waals surface area contributed by atoms with Gasteiger partial charge in [0.05, 0.1) is 4.70 Å². The number of thiazole rings is 1. The maximum atomic E-state index is 11.6. The van der Waals surface area contributed by atoms with Crippen molar-refractivity contribution in [3.8, 4) is 5.75 Å². The van der Waals surface area contributed by atoms with E-state index in [4.69, 9.17) is 0 Å². The molecular formula is C22H29Cl2N3O4S2. The van der Waals surface area contributed by atoms with Crippen LogP contribution in [0.3, 0.4) is 0 Å². The normalized spacial score (nSPS) is 10.4. The lowest BCUT2D eigenvalue weighted by molar-refractivity contribution is 0.480. The molecule has 3 aromatic rings. The van der Waals surface area contributed by atoms with Gasteiger partial charge in [-0.3, -0.25) is 10.1 Å². The van der Waals surface area contributed by atoms with Crippen LogP contribution in [-0.2, 0) is 23.1 Å². The van der Waals surface area contributed by atoms with E-state index in [1.807, 2.05) is 18.2 Å². The van der Waals surface area contributed by atoms with Gasteiger partial charge in [0.2, 0.25) is 10.3 Å². The van der Waals surface area contributed by atoms with Gasteiger partial charge in [-0.2, -0.15) is 8.42 Å². The molecule has 4 N–H and O–H groups in total. The zero-order chi connectivity index (χ0) is 22.1. The van der Waals surface area contributed by atoms with Crippen LogP contribution in [-0.4, -0.2) is 43.1 Å². The third-order valence-electron chi connectivity index (χ3n) is 5.00. The van der Waals surface area contributed by atoms with E-state index >= 15 is 0 Å². The van der Waals surface area contributed by atoms with Crippen LogP contribution < -0.4 is 15.5 Å². The number of nitrogens with one attached hydrogen (secondary N) is 3. The second-order valence-corrected chi connectivity index (χ2v) is 9.19. The number of H-pyrrole nitrogens is 1. The molecule has 0 radical (unpaired) electrons. The molecular weight excluding hydrogens is 505 g/mol. The summed E-state index contributed by atoms with van der Waals surface area (Å²) in [6, 6.07) is 13.6.